The minimum Gasteiger partial charge on any atom is -0.332 e. The van der Waals surface area contributed by atoms with E-state index in [-0.39, 0.29) is 11.9 Å². The van der Waals surface area contributed by atoms with Crippen molar-refractivity contribution in [1.82, 2.24) is 20.0 Å². The fraction of sp³-hybridized carbons (Fsp3) is 0.500. The van der Waals surface area contributed by atoms with Crippen LogP contribution in [0.1, 0.15) is 31.3 Å². The number of piperazine rings is 1. The monoisotopic (exact) mass is 286 g/mol. The maximum Gasteiger partial charge on any atom is 0.275 e. The largest absolute Gasteiger partial charge is 0.332 e. The molecule has 1 N–H and O–H groups in total. The van der Waals surface area contributed by atoms with Gasteiger partial charge in [-0.3, -0.25) is 14.8 Å². The molecule has 0 radical (unpaired) electrons. The van der Waals surface area contributed by atoms with Crippen molar-refractivity contribution in [3.8, 4) is 0 Å². The first-order valence-corrected chi connectivity index (χ1v) is 7.60. The number of H-pyrrole nitrogens is 1. The lowest BCUT2D eigenvalue weighted by Crippen LogP contribution is -2.57. The highest BCUT2D eigenvalue weighted by molar-refractivity contribution is 6.04. The molecule has 112 valence electrons. The third-order valence-electron chi connectivity index (χ3n) is 4.46. The number of nitrogens with one attached hydrogen (secondary N) is 1. The van der Waals surface area contributed by atoms with Gasteiger partial charge >= 0.3 is 0 Å². The summed E-state index contributed by atoms with van der Waals surface area (Å²) >= 11 is 0. The number of para-hydroxylation sites is 1. The molecule has 0 saturated carbocycles. The SMILES string of the molecule is CCN1C[C@H](C)N(C(=O)c2n[nH]c3ccccc23)C[C@@H]1C. The molecule has 1 aromatic carbocycles. The lowest BCUT2D eigenvalue weighted by molar-refractivity contribution is 0.0332. The minimum absolute atomic E-state index is 0.0301. The number of nitrogens with zero attached hydrogens (tertiary/aromatic N) is 3. The quantitative estimate of drug-likeness (QED) is 0.920. The third kappa shape index (κ3) is 2.42. The molecule has 3 rings (SSSR count). The van der Waals surface area contributed by atoms with Crippen LogP contribution < -0.4 is 0 Å². The van der Waals surface area contributed by atoms with Gasteiger partial charge in [-0.15, -0.1) is 0 Å². The molecule has 5 heteroatoms. The summed E-state index contributed by atoms with van der Waals surface area (Å²) < 4.78 is 0. The van der Waals surface area contributed by atoms with E-state index >= 15 is 0 Å². The van der Waals surface area contributed by atoms with Crippen molar-refractivity contribution in [1.29, 1.82) is 0 Å². The number of likely N-dealkylation sites (N-methyl/N-ethyl adjacent to an activating group) is 1. The first-order chi connectivity index (χ1) is 10.1. The molecular formula is C16H22N4O. The molecule has 0 spiro atoms. The lowest BCUT2D eigenvalue weighted by atomic mass is 10.1. The van der Waals surface area contributed by atoms with E-state index in [0.29, 0.717) is 11.7 Å². The molecule has 2 heterocycles. The summed E-state index contributed by atoms with van der Waals surface area (Å²) in [7, 11) is 0. The van der Waals surface area contributed by atoms with E-state index in [2.05, 4.69) is 35.9 Å². The number of amides is 1. The van der Waals surface area contributed by atoms with Crippen molar-refractivity contribution in [2.75, 3.05) is 19.6 Å². The lowest BCUT2D eigenvalue weighted by Gasteiger charge is -2.43. The molecule has 2 atom stereocenters. The Bertz CT molecular complexity index is 651. The number of aromatic nitrogens is 2. The Kier molecular flexibility index (Phi) is 3.68. The van der Waals surface area contributed by atoms with E-state index in [9.17, 15) is 4.79 Å². The molecule has 1 amide bonds. The van der Waals surface area contributed by atoms with Crippen LogP contribution in [0.2, 0.25) is 0 Å². The van der Waals surface area contributed by atoms with Gasteiger partial charge in [0.25, 0.3) is 5.91 Å². The molecule has 0 bridgehead atoms. The molecule has 1 saturated heterocycles. The predicted octanol–water partition coefficient (Wildman–Crippen LogP) is 2.12. The Labute approximate surface area is 124 Å². The summed E-state index contributed by atoms with van der Waals surface area (Å²) in [5.41, 5.74) is 1.45. The first kappa shape index (κ1) is 14.1. The second-order valence-corrected chi connectivity index (χ2v) is 5.86. The smallest absolute Gasteiger partial charge is 0.275 e. The first-order valence-electron chi connectivity index (χ1n) is 7.60. The van der Waals surface area contributed by atoms with E-state index in [0.717, 1.165) is 30.5 Å². The van der Waals surface area contributed by atoms with Crippen LogP contribution >= 0.6 is 0 Å². The second kappa shape index (κ2) is 5.48. The molecule has 2 aromatic rings. The van der Waals surface area contributed by atoms with Crippen LogP contribution in [0.4, 0.5) is 0 Å². The number of fused-ring (bicyclic) bond motifs is 1. The Morgan fingerprint density at radius 1 is 1.29 bits per heavy atom. The number of carbonyl (C=O) groups is 1. The molecule has 5 nitrogen and oxygen atoms in total. The standard InChI is InChI=1S/C16H22N4O/c1-4-19-9-12(3)20(10-11(19)2)16(21)15-13-7-5-6-8-14(13)17-18-15/h5-8,11-12H,4,9-10H2,1-3H3,(H,17,18)/t11-,12-/m0/s1. The van der Waals surface area contributed by atoms with Crippen molar-refractivity contribution in [3.63, 3.8) is 0 Å². The van der Waals surface area contributed by atoms with Crippen LogP contribution in [0.3, 0.4) is 0 Å². The second-order valence-electron chi connectivity index (χ2n) is 5.86. The van der Waals surface area contributed by atoms with Gasteiger partial charge in [-0.1, -0.05) is 25.1 Å². The zero-order valence-electron chi connectivity index (χ0n) is 12.8. The van der Waals surface area contributed by atoms with Crippen LogP contribution in [0, 0.1) is 0 Å². The van der Waals surface area contributed by atoms with Crippen LogP contribution in [0.25, 0.3) is 10.9 Å². The molecule has 0 aliphatic carbocycles. The number of benzene rings is 1. The van der Waals surface area contributed by atoms with Gasteiger partial charge in [-0.2, -0.15) is 5.10 Å². The van der Waals surface area contributed by atoms with E-state index in [1.54, 1.807) is 0 Å². The Morgan fingerprint density at radius 3 is 2.81 bits per heavy atom. The predicted molar refractivity (Wildman–Crippen MR) is 83.3 cm³/mol. The van der Waals surface area contributed by atoms with E-state index < -0.39 is 0 Å². The molecule has 0 unspecified atom stereocenters. The molecule has 21 heavy (non-hydrogen) atoms. The van der Waals surface area contributed by atoms with Gasteiger partial charge in [-0.25, -0.2) is 0 Å². The summed E-state index contributed by atoms with van der Waals surface area (Å²) in [4.78, 5) is 17.2. The molecule has 1 aromatic heterocycles. The number of hydrogen-bond acceptors (Lipinski definition) is 3. The summed E-state index contributed by atoms with van der Waals surface area (Å²) in [5, 5.41) is 8.09. The van der Waals surface area contributed by atoms with Crippen molar-refractivity contribution >= 4 is 16.8 Å². The van der Waals surface area contributed by atoms with Crippen molar-refractivity contribution < 1.29 is 4.79 Å². The zero-order chi connectivity index (χ0) is 15.0. The van der Waals surface area contributed by atoms with Gasteiger partial charge in [0.2, 0.25) is 0 Å². The topological polar surface area (TPSA) is 52.2 Å². The average Bonchev–Trinajstić information content (AvgIpc) is 2.92. The van der Waals surface area contributed by atoms with Crippen molar-refractivity contribution in [2.24, 2.45) is 0 Å². The van der Waals surface area contributed by atoms with Gasteiger partial charge in [0, 0.05) is 30.6 Å². The summed E-state index contributed by atoms with van der Waals surface area (Å²) in [5.74, 6) is 0.0301. The van der Waals surface area contributed by atoms with Gasteiger partial charge < -0.3 is 4.90 Å². The van der Waals surface area contributed by atoms with Gasteiger partial charge in [0.1, 0.15) is 0 Å². The van der Waals surface area contributed by atoms with Crippen LogP contribution in [-0.2, 0) is 0 Å². The fourth-order valence-electron chi connectivity index (χ4n) is 3.18. The normalized spacial score (nSPS) is 23.7. The van der Waals surface area contributed by atoms with Crippen LogP contribution in [-0.4, -0.2) is 57.6 Å². The van der Waals surface area contributed by atoms with Gasteiger partial charge in [-0.05, 0) is 26.5 Å². The number of hydrogen-bond donors (Lipinski definition) is 1. The fourth-order valence-corrected chi connectivity index (χ4v) is 3.18. The molecule has 1 aliphatic rings. The average molecular weight is 286 g/mol. The highest BCUT2D eigenvalue weighted by Crippen LogP contribution is 2.21. The maximum atomic E-state index is 12.9. The summed E-state index contributed by atoms with van der Waals surface area (Å²) in [6.45, 7) is 9.17. The van der Waals surface area contributed by atoms with E-state index in [4.69, 9.17) is 0 Å². The highest BCUT2D eigenvalue weighted by Gasteiger charge is 2.33. The minimum atomic E-state index is 0.0301. The number of aromatic amines is 1. The molecule has 1 aliphatic heterocycles. The van der Waals surface area contributed by atoms with Crippen molar-refractivity contribution in [2.45, 2.75) is 32.9 Å². The summed E-state index contributed by atoms with van der Waals surface area (Å²) in [6, 6.07) is 8.38. The van der Waals surface area contributed by atoms with Gasteiger partial charge in [0.15, 0.2) is 5.69 Å². The van der Waals surface area contributed by atoms with E-state index in [1.807, 2.05) is 29.2 Å². The van der Waals surface area contributed by atoms with Gasteiger partial charge in [0.05, 0.1) is 5.52 Å². The highest BCUT2D eigenvalue weighted by atomic mass is 16.2. The number of rotatable bonds is 2. The third-order valence-corrected chi connectivity index (χ3v) is 4.46. The Balaban J connectivity index is 1.88. The Hall–Kier alpha value is -1.88. The van der Waals surface area contributed by atoms with Crippen LogP contribution in [0.5, 0.6) is 0 Å². The van der Waals surface area contributed by atoms with Crippen LogP contribution in [0.15, 0.2) is 24.3 Å². The van der Waals surface area contributed by atoms with E-state index in [1.165, 1.54) is 0 Å². The number of carbonyl (C=O) groups excluding carboxylic acids is 1. The molecular weight excluding hydrogens is 264 g/mol. The maximum absolute atomic E-state index is 12.9. The van der Waals surface area contributed by atoms with Crippen molar-refractivity contribution in [3.05, 3.63) is 30.0 Å². The Morgan fingerprint density at radius 2 is 2.05 bits per heavy atom. The molecule has 1 fully saturated rings. The zero-order valence-corrected chi connectivity index (χ0v) is 12.8. The summed E-state index contributed by atoms with van der Waals surface area (Å²) in [6.07, 6.45) is 0.